The van der Waals surface area contributed by atoms with Gasteiger partial charge in [0.25, 0.3) is 0 Å². The van der Waals surface area contributed by atoms with Gasteiger partial charge >= 0.3 is 5.97 Å². The Bertz CT molecular complexity index is 1440. The van der Waals surface area contributed by atoms with Gasteiger partial charge in [-0.1, -0.05) is 18.2 Å². The fourth-order valence-electron chi connectivity index (χ4n) is 4.35. The van der Waals surface area contributed by atoms with Crippen LogP contribution >= 0.6 is 7.75 Å². The maximum Gasteiger partial charge on any atom is 0.323 e. The Morgan fingerprint density at radius 3 is 3.03 bits per heavy atom. The second-order valence-corrected chi connectivity index (χ2v) is 9.95. The molecule has 4 aromatic rings. The molecule has 0 aliphatic carbocycles. The number of aromatic amines is 1. The minimum atomic E-state index is -4.62. The molecule has 0 spiro atoms. The van der Waals surface area contributed by atoms with Crippen molar-refractivity contribution in [2.75, 3.05) is 19.5 Å². The number of carbonyl (C=O) groups is 1. The third kappa shape index (κ3) is 4.97. The molecule has 4 heterocycles. The van der Waals surface area contributed by atoms with Crippen molar-refractivity contribution < 1.29 is 28.3 Å². The van der Waals surface area contributed by atoms with Crippen molar-refractivity contribution in [3.63, 3.8) is 0 Å². The van der Waals surface area contributed by atoms with Crippen LogP contribution < -0.4 is 15.7 Å². The molecule has 0 amide bonds. The Hall–Kier alpha value is -3.35. The molecule has 0 radical (unpaired) electrons. The molecular formula is C22H25N7O6P-. The Kier molecular flexibility index (Phi) is 6.73. The van der Waals surface area contributed by atoms with Gasteiger partial charge in [0.2, 0.25) is 7.75 Å². The number of anilines is 1. The molecule has 1 fully saturated rings. The monoisotopic (exact) mass is 514 g/mol. The topological polar surface area (TPSA) is 182 Å². The van der Waals surface area contributed by atoms with Crippen molar-refractivity contribution in [2.45, 2.75) is 37.6 Å². The fraction of sp³-hybridized carbons (Fsp3) is 0.364. The quantitative estimate of drug-likeness (QED) is 0.217. The van der Waals surface area contributed by atoms with Gasteiger partial charge in [-0.2, -0.15) is 0 Å². The van der Waals surface area contributed by atoms with Crippen molar-refractivity contribution in [1.82, 2.24) is 29.6 Å². The number of nitrogens with zero attached hydrogens (tertiary/aromatic N) is 4. The summed E-state index contributed by atoms with van der Waals surface area (Å²) in [6.45, 7) is -0.213. The van der Waals surface area contributed by atoms with Crippen molar-refractivity contribution in [1.29, 1.82) is 0 Å². The number of aromatic nitrogens is 5. The Morgan fingerprint density at radius 2 is 2.19 bits per heavy atom. The third-order valence-electron chi connectivity index (χ3n) is 6.11. The number of hydrogen-bond donors (Lipinski definition) is 3. The highest BCUT2D eigenvalue weighted by Gasteiger charge is 2.31. The van der Waals surface area contributed by atoms with Gasteiger partial charge in [-0.15, -0.1) is 0 Å². The van der Waals surface area contributed by atoms with Crippen molar-refractivity contribution in [3.05, 3.63) is 48.7 Å². The summed E-state index contributed by atoms with van der Waals surface area (Å²) in [5.74, 6) is -0.451. The van der Waals surface area contributed by atoms with Gasteiger partial charge in [0.05, 0.1) is 26.1 Å². The zero-order chi connectivity index (χ0) is 25.3. The van der Waals surface area contributed by atoms with Gasteiger partial charge in [0, 0.05) is 23.5 Å². The minimum Gasteiger partial charge on any atom is -0.766 e. The normalized spacial score (nSPS) is 20.5. The van der Waals surface area contributed by atoms with E-state index in [-0.39, 0.29) is 18.8 Å². The first-order valence-corrected chi connectivity index (χ1v) is 12.8. The smallest absolute Gasteiger partial charge is 0.323 e. The van der Waals surface area contributed by atoms with E-state index in [9.17, 15) is 14.3 Å². The number of benzene rings is 1. The van der Waals surface area contributed by atoms with Crippen LogP contribution in [0.5, 0.6) is 0 Å². The molecule has 190 valence electrons. The maximum atomic E-state index is 12.7. The second kappa shape index (κ2) is 9.96. The molecule has 0 saturated carbocycles. The van der Waals surface area contributed by atoms with Crippen molar-refractivity contribution >= 4 is 41.6 Å². The van der Waals surface area contributed by atoms with E-state index in [1.807, 2.05) is 24.3 Å². The predicted octanol–water partition coefficient (Wildman–Crippen LogP) is 1.43. The molecule has 3 aromatic heterocycles. The number of nitrogens with one attached hydrogen (secondary N) is 2. The zero-order valence-corrected chi connectivity index (χ0v) is 20.3. The maximum absolute atomic E-state index is 12.7. The number of imidazole rings is 1. The summed E-state index contributed by atoms with van der Waals surface area (Å²) in [7, 11) is -3.42. The van der Waals surface area contributed by atoms with Crippen LogP contribution in [0, 0.1) is 0 Å². The highest BCUT2D eigenvalue weighted by molar-refractivity contribution is 7.49. The lowest BCUT2D eigenvalue weighted by atomic mass is 10.1. The summed E-state index contributed by atoms with van der Waals surface area (Å²) in [6, 6.07) is 6.37. The Morgan fingerprint density at radius 1 is 1.36 bits per heavy atom. The molecule has 1 unspecified atom stereocenters. The molecule has 1 aliphatic heterocycles. The van der Waals surface area contributed by atoms with Crippen LogP contribution in [0.4, 0.5) is 5.82 Å². The molecule has 4 N–H and O–H groups in total. The highest BCUT2D eigenvalue weighted by atomic mass is 31.2. The van der Waals surface area contributed by atoms with Gasteiger partial charge in [-0.3, -0.25) is 13.9 Å². The lowest BCUT2D eigenvalue weighted by Crippen LogP contribution is -2.40. The van der Waals surface area contributed by atoms with Crippen LogP contribution in [0.2, 0.25) is 0 Å². The summed E-state index contributed by atoms with van der Waals surface area (Å²) in [6.07, 6.45) is 5.01. The molecule has 0 bridgehead atoms. The first-order valence-electron chi connectivity index (χ1n) is 11.3. The van der Waals surface area contributed by atoms with Gasteiger partial charge in [-0.25, -0.2) is 20.0 Å². The molecule has 1 aromatic carbocycles. The predicted molar refractivity (Wildman–Crippen MR) is 127 cm³/mol. The summed E-state index contributed by atoms with van der Waals surface area (Å²) >= 11 is 0. The Balaban J connectivity index is 1.21. The Labute approximate surface area is 205 Å². The lowest BCUT2D eigenvalue weighted by Gasteiger charge is -2.29. The number of hydrogen-bond acceptors (Lipinski definition) is 10. The largest absolute Gasteiger partial charge is 0.766 e. The number of nitrogen functional groups attached to an aromatic ring is 1. The van der Waals surface area contributed by atoms with Crippen molar-refractivity contribution in [2.24, 2.45) is 0 Å². The highest BCUT2D eigenvalue weighted by Crippen LogP contribution is 2.37. The van der Waals surface area contributed by atoms with E-state index in [1.54, 1.807) is 17.1 Å². The number of carbonyl (C=O) groups excluding carboxylic acids is 1. The summed E-state index contributed by atoms with van der Waals surface area (Å²) in [4.78, 5) is 40.5. The first-order chi connectivity index (χ1) is 17.3. The number of H-pyrrole nitrogens is 1. The number of ether oxygens (including phenoxy) is 2. The number of rotatable bonds is 9. The van der Waals surface area contributed by atoms with Crippen LogP contribution in [-0.4, -0.2) is 56.3 Å². The summed E-state index contributed by atoms with van der Waals surface area (Å²) < 4.78 is 30.4. The molecule has 36 heavy (non-hydrogen) atoms. The second-order valence-electron chi connectivity index (χ2n) is 8.43. The summed E-state index contributed by atoms with van der Waals surface area (Å²) in [5.41, 5.74) is 8.49. The van der Waals surface area contributed by atoms with Gasteiger partial charge < -0.3 is 29.6 Å². The van der Waals surface area contributed by atoms with E-state index < -0.39 is 32.1 Å². The molecule has 5 rings (SSSR count). The number of fused-ring (bicyclic) bond motifs is 2. The lowest BCUT2D eigenvalue weighted by molar-refractivity contribution is -0.206. The van der Waals surface area contributed by atoms with E-state index in [2.05, 4.69) is 25.0 Å². The molecule has 1 aliphatic rings. The standard InChI is InChI=1S/C22H26N7O6P/c1-33-22(30)17(8-13-9-24-16-5-3-2-4-15(13)16)28-36(31,32)34-10-14-6-7-18(35-14)29-12-27-19-20(23)25-11-26-21(19)29/h2-5,9,11-12,14,17-18,24H,6-8,10H2,1H3,(H2,23,25,26)(H2,28,31,32)/p-1/t14-,17-,18+/m0/s1. The van der Waals surface area contributed by atoms with Crippen LogP contribution in [-0.2, 0) is 29.8 Å². The van der Waals surface area contributed by atoms with E-state index in [4.69, 9.17) is 19.7 Å². The van der Waals surface area contributed by atoms with Crippen LogP contribution in [0.1, 0.15) is 24.6 Å². The molecular weight excluding hydrogens is 489 g/mol. The third-order valence-corrected chi connectivity index (χ3v) is 7.23. The van der Waals surface area contributed by atoms with Crippen LogP contribution in [0.3, 0.4) is 0 Å². The number of para-hydroxylation sites is 1. The van der Waals surface area contributed by atoms with Crippen LogP contribution in [0.15, 0.2) is 43.1 Å². The number of methoxy groups -OCH3 is 1. The van der Waals surface area contributed by atoms with Crippen molar-refractivity contribution in [3.8, 4) is 0 Å². The van der Waals surface area contributed by atoms with E-state index in [0.29, 0.717) is 24.0 Å². The number of nitrogens with two attached hydrogens (primary N) is 1. The van der Waals surface area contributed by atoms with Gasteiger partial charge in [0.15, 0.2) is 11.5 Å². The number of esters is 1. The summed E-state index contributed by atoms with van der Waals surface area (Å²) in [5, 5.41) is 3.22. The average Bonchev–Trinajstić information content (AvgIpc) is 3.61. The van der Waals surface area contributed by atoms with E-state index in [1.165, 1.54) is 13.4 Å². The molecule has 14 heteroatoms. The zero-order valence-electron chi connectivity index (χ0n) is 19.4. The van der Waals surface area contributed by atoms with Crippen LogP contribution in [0.25, 0.3) is 22.1 Å². The van der Waals surface area contributed by atoms with Gasteiger partial charge in [-0.05, 0) is 24.5 Å². The average molecular weight is 514 g/mol. The molecule has 1 saturated heterocycles. The van der Waals surface area contributed by atoms with Gasteiger partial charge in [0.1, 0.15) is 24.1 Å². The van der Waals surface area contributed by atoms with E-state index in [0.717, 1.165) is 16.5 Å². The minimum absolute atomic E-state index is 0.0902. The molecule has 13 nitrogen and oxygen atoms in total. The van der Waals surface area contributed by atoms with E-state index >= 15 is 0 Å². The first kappa shape index (κ1) is 24.3. The fourth-order valence-corrected chi connectivity index (χ4v) is 5.36. The molecule has 4 atom stereocenters. The SMILES string of the molecule is COC(=O)[C@H](Cc1c[nH]c2ccccc12)NP(=O)([O-])OC[C@@H]1CC[C@H](n2cnc3c(N)ncnc32)O1.